The fraction of sp³-hybridized carbons (Fsp3) is 0.417. The molecule has 2 aromatic rings. The van der Waals surface area contributed by atoms with Crippen molar-refractivity contribution in [3.8, 4) is 11.5 Å². The SMILES string of the molecule is COc1ccc2c(c1)C=C(CN1CCC(CO)(Cc3ccccc3Cl)CC1)CO2. The molecule has 1 N–H and O–H groups in total. The summed E-state index contributed by atoms with van der Waals surface area (Å²) in [6.45, 7) is 3.65. The van der Waals surface area contributed by atoms with Gasteiger partial charge >= 0.3 is 0 Å². The number of fused-ring (bicyclic) bond motifs is 1. The van der Waals surface area contributed by atoms with Crippen molar-refractivity contribution in [1.82, 2.24) is 4.90 Å². The number of methoxy groups -OCH3 is 1. The smallest absolute Gasteiger partial charge is 0.127 e. The van der Waals surface area contributed by atoms with E-state index in [2.05, 4.69) is 17.0 Å². The zero-order valence-electron chi connectivity index (χ0n) is 16.9. The van der Waals surface area contributed by atoms with Gasteiger partial charge in [-0.1, -0.05) is 29.8 Å². The third-order valence-corrected chi connectivity index (χ3v) is 6.56. The van der Waals surface area contributed by atoms with Crippen LogP contribution in [0.1, 0.15) is 24.0 Å². The first-order chi connectivity index (χ1) is 14.1. The van der Waals surface area contributed by atoms with Gasteiger partial charge in [0.15, 0.2) is 0 Å². The first kappa shape index (κ1) is 20.3. The van der Waals surface area contributed by atoms with Crippen LogP contribution >= 0.6 is 11.6 Å². The van der Waals surface area contributed by atoms with Crippen molar-refractivity contribution in [2.75, 3.05) is 40.0 Å². The third-order valence-electron chi connectivity index (χ3n) is 6.19. The lowest BCUT2D eigenvalue weighted by Gasteiger charge is -2.41. The van der Waals surface area contributed by atoms with E-state index in [0.29, 0.717) is 6.61 Å². The molecule has 0 spiro atoms. The van der Waals surface area contributed by atoms with Gasteiger partial charge in [0.25, 0.3) is 0 Å². The van der Waals surface area contributed by atoms with E-state index in [-0.39, 0.29) is 12.0 Å². The summed E-state index contributed by atoms with van der Waals surface area (Å²) in [5, 5.41) is 10.9. The zero-order chi connectivity index (χ0) is 20.3. The van der Waals surface area contributed by atoms with Gasteiger partial charge in [-0.15, -0.1) is 0 Å². The highest BCUT2D eigenvalue weighted by Crippen LogP contribution is 2.37. The number of halogens is 1. The number of hydrogen-bond donors (Lipinski definition) is 1. The van der Waals surface area contributed by atoms with Gasteiger partial charge in [0.05, 0.1) is 7.11 Å². The number of piperidine rings is 1. The normalized spacial score (nSPS) is 18.5. The number of aliphatic hydroxyl groups is 1. The molecule has 154 valence electrons. The van der Waals surface area contributed by atoms with E-state index in [1.807, 2.05) is 36.4 Å². The van der Waals surface area contributed by atoms with E-state index in [1.54, 1.807) is 7.11 Å². The molecule has 0 amide bonds. The van der Waals surface area contributed by atoms with Crippen LogP contribution in [0.4, 0.5) is 0 Å². The largest absolute Gasteiger partial charge is 0.497 e. The maximum Gasteiger partial charge on any atom is 0.127 e. The molecule has 0 aliphatic carbocycles. The van der Waals surface area contributed by atoms with Crippen LogP contribution in [0, 0.1) is 5.41 Å². The quantitative estimate of drug-likeness (QED) is 0.760. The Kier molecular flexibility index (Phi) is 6.14. The number of rotatable bonds is 6. The van der Waals surface area contributed by atoms with Crippen LogP contribution in [0.2, 0.25) is 5.02 Å². The van der Waals surface area contributed by atoms with E-state index >= 15 is 0 Å². The summed E-state index contributed by atoms with van der Waals surface area (Å²) in [4.78, 5) is 2.46. The van der Waals surface area contributed by atoms with Crippen molar-refractivity contribution in [2.24, 2.45) is 5.41 Å². The van der Waals surface area contributed by atoms with Crippen LogP contribution in [0.5, 0.6) is 11.5 Å². The molecule has 29 heavy (non-hydrogen) atoms. The van der Waals surface area contributed by atoms with Crippen molar-refractivity contribution in [3.63, 3.8) is 0 Å². The lowest BCUT2D eigenvalue weighted by Crippen LogP contribution is -2.44. The van der Waals surface area contributed by atoms with Gasteiger partial charge < -0.3 is 14.6 Å². The van der Waals surface area contributed by atoms with Gasteiger partial charge in [-0.2, -0.15) is 0 Å². The highest BCUT2D eigenvalue weighted by molar-refractivity contribution is 6.31. The van der Waals surface area contributed by atoms with Gasteiger partial charge in [0, 0.05) is 23.7 Å². The van der Waals surface area contributed by atoms with Gasteiger partial charge in [-0.3, -0.25) is 4.90 Å². The van der Waals surface area contributed by atoms with E-state index in [9.17, 15) is 5.11 Å². The maximum atomic E-state index is 10.2. The molecule has 0 saturated carbocycles. The predicted octanol–water partition coefficient (Wildman–Crippen LogP) is 4.44. The topological polar surface area (TPSA) is 41.9 Å². The molecule has 2 heterocycles. The summed E-state index contributed by atoms with van der Waals surface area (Å²) >= 11 is 6.36. The zero-order valence-corrected chi connectivity index (χ0v) is 17.6. The molecule has 1 saturated heterocycles. The first-order valence-electron chi connectivity index (χ1n) is 10.2. The molecule has 0 aromatic heterocycles. The van der Waals surface area contributed by atoms with Gasteiger partial charge in [0.1, 0.15) is 18.1 Å². The Hall–Kier alpha value is -2.01. The second kappa shape index (κ2) is 8.78. The average molecular weight is 414 g/mol. The summed E-state index contributed by atoms with van der Waals surface area (Å²) in [6.07, 6.45) is 4.98. The van der Waals surface area contributed by atoms with Crippen LogP contribution in [-0.2, 0) is 6.42 Å². The summed E-state index contributed by atoms with van der Waals surface area (Å²) < 4.78 is 11.3. The Balaban J connectivity index is 1.39. The maximum absolute atomic E-state index is 10.2. The molecule has 0 atom stereocenters. The number of benzene rings is 2. The Morgan fingerprint density at radius 2 is 1.97 bits per heavy atom. The minimum absolute atomic E-state index is 0.0844. The van der Waals surface area contributed by atoms with Crippen molar-refractivity contribution in [1.29, 1.82) is 0 Å². The number of ether oxygens (including phenoxy) is 2. The van der Waals surface area contributed by atoms with E-state index < -0.39 is 0 Å². The van der Waals surface area contributed by atoms with Crippen LogP contribution < -0.4 is 9.47 Å². The Morgan fingerprint density at radius 3 is 2.69 bits per heavy atom. The predicted molar refractivity (Wildman–Crippen MR) is 117 cm³/mol. The summed E-state index contributed by atoms with van der Waals surface area (Å²) in [6, 6.07) is 13.9. The highest BCUT2D eigenvalue weighted by atomic mass is 35.5. The fourth-order valence-corrected chi connectivity index (χ4v) is 4.53. The monoisotopic (exact) mass is 413 g/mol. The molecule has 2 aromatic carbocycles. The molecule has 0 radical (unpaired) electrons. The number of aliphatic hydroxyl groups excluding tert-OH is 1. The highest BCUT2D eigenvalue weighted by Gasteiger charge is 2.35. The second-order valence-corrected chi connectivity index (χ2v) is 8.60. The molecule has 5 heteroatoms. The van der Waals surface area contributed by atoms with Crippen LogP contribution in [0.25, 0.3) is 6.08 Å². The molecule has 4 rings (SSSR count). The average Bonchev–Trinajstić information content (AvgIpc) is 2.76. The van der Waals surface area contributed by atoms with E-state index in [1.165, 1.54) is 5.57 Å². The molecule has 4 nitrogen and oxygen atoms in total. The standard InChI is InChI=1S/C24H28ClNO3/c1-28-21-6-7-23-20(13-21)12-18(16-29-23)15-26-10-8-24(17-27,9-11-26)14-19-4-2-3-5-22(19)25/h2-7,12-13,27H,8-11,14-17H2,1H3. The van der Waals surface area contributed by atoms with Crippen molar-refractivity contribution in [2.45, 2.75) is 19.3 Å². The number of nitrogens with zero attached hydrogens (tertiary/aromatic N) is 1. The van der Waals surface area contributed by atoms with Gasteiger partial charge in [-0.05, 0) is 79.2 Å². The van der Waals surface area contributed by atoms with Crippen molar-refractivity contribution >= 4 is 17.7 Å². The first-order valence-corrected chi connectivity index (χ1v) is 10.6. The Bertz CT molecular complexity index is 887. The number of hydrogen-bond acceptors (Lipinski definition) is 4. The van der Waals surface area contributed by atoms with Crippen LogP contribution in [-0.4, -0.2) is 50.0 Å². The van der Waals surface area contributed by atoms with Crippen molar-refractivity contribution < 1.29 is 14.6 Å². The minimum Gasteiger partial charge on any atom is -0.497 e. The summed E-state index contributed by atoms with van der Waals surface area (Å²) in [7, 11) is 1.68. The van der Waals surface area contributed by atoms with Crippen LogP contribution in [0.3, 0.4) is 0 Å². The fourth-order valence-electron chi connectivity index (χ4n) is 4.33. The lowest BCUT2D eigenvalue weighted by molar-refractivity contribution is 0.0468. The van der Waals surface area contributed by atoms with E-state index in [0.717, 1.165) is 66.5 Å². The third kappa shape index (κ3) is 4.61. The van der Waals surface area contributed by atoms with Gasteiger partial charge in [0.2, 0.25) is 0 Å². The molecule has 2 aliphatic heterocycles. The van der Waals surface area contributed by atoms with Crippen molar-refractivity contribution in [3.05, 3.63) is 64.2 Å². The molecule has 1 fully saturated rings. The molecular formula is C24H28ClNO3. The summed E-state index contributed by atoms with van der Waals surface area (Å²) in [5.74, 6) is 1.75. The molecule has 0 unspecified atom stereocenters. The van der Waals surface area contributed by atoms with E-state index in [4.69, 9.17) is 21.1 Å². The minimum atomic E-state index is -0.0844. The summed E-state index contributed by atoms with van der Waals surface area (Å²) in [5.41, 5.74) is 3.39. The molecule has 2 aliphatic rings. The Labute approximate surface area is 177 Å². The number of likely N-dealkylation sites (tertiary alicyclic amines) is 1. The van der Waals surface area contributed by atoms with Gasteiger partial charge in [-0.25, -0.2) is 0 Å². The van der Waals surface area contributed by atoms with Crippen LogP contribution in [0.15, 0.2) is 48.0 Å². The molecule has 0 bridgehead atoms. The Morgan fingerprint density at radius 1 is 1.17 bits per heavy atom. The molecular weight excluding hydrogens is 386 g/mol. The second-order valence-electron chi connectivity index (χ2n) is 8.20. The lowest BCUT2D eigenvalue weighted by atomic mass is 9.74.